The Labute approximate surface area is 189 Å². The van der Waals surface area contributed by atoms with Crippen LogP contribution in [0.1, 0.15) is 12.8 Å². The van der Waals surface area contributed by atoms with Crippen molar-refractivity contribution in [3.8, 4) is 11.5 Å². The normalized spacial score (nSPS) is 13.6. The molecule has 1 aliphatic heterocycles. The molecule has 0 saturated carbocycles. The predicted octanol–water partition coefficient (Wildman–Crippen LogP) is 3.59. The number of hydrogen-bond acceptors (Lipinski definition) is 7. The number of sulfone groups is 1. The minimum absolute atomic E-state index is 0.0434. The maximum atomic E-state index is 12.7. The Bertz CT molecular complexity index is 1120. The molecule has 2 N–H and O–H groups in total. The van der Waals surface area contributed by atoms with E-state index < -0.39 is 21.5 Å². The first kappa shape index (κ1) is 23.2. The summed E-state index contributed by atoms with van der Waals surface area (Å²) in [6.45, 7) is 0. The van der Waals surface area contributed by atoms with Crippen molar-refractivity contribution in [3.63, 3.8) is 0 Å². The van der Waals surface area contributed by atoms with Crippen LogP contribution < -0.4 is 20.1 Å². The second kappa shape index (κ2) is 9.80. The fourth-order valence-electron chi connectivity index (χ4n) is 2.90. The van der Waals surface area contributed by atoms with Gasteiger partial charge in [-0.25, -0.2) is 8.42 Å². The Kier molecular flexibility index (Phi) is 7.34. The molecular weight excluding hydrogens is 464 g/mol. The quantitative estimate of drug-likeness (QED) is 0.617. The molecule has 0 radical (unpaired) electrons. The minimum Gasteiger partial charge on any atom is -0.497 e. The average Bonchev–Trinajstić information content (AvgIpc) is 2.93. The number of fused-ring (bicyclic) bond motifs is 1. The number of benzene rings is 2. The third-order valence-electron chi connectivity index (χ3n) is 4.52. The van der Waals surface area contributed by atoms with Gasteiger partial charge in [-0.3, -0.25) is 9.59 Å². The number of methoxy groups -OCH3 is 2. The lowest BCUT2D eigenvalue weighted by Gasteiger charge is -2.14. The number of amides is 2. The van der Waals surface area contributed by atoms with Gasteiger partial charge >= 0.3 is 0 Å². The number of halogens is 1. The van der Waals surface area contributed by atoms with E-state index in [0.29, 0.717) is 29.4 Å². The van der Waals surface area contributed by atoms with E-state index in [9.17, 15) is 18.0 Å². The Morgan fingerprint density at radius 2 is 2.00 bits per heavy atom. The first-order chi connectivity index (χ1) is 14.7. The van der Waals surface area contributed by atoms with Gasteiger partial charge in [0.25, 0.3) is 0 Å². The van der Waals surface area contributed by atoms with Crippen molar-refractivity contribution in [2.75, 3.05) is 36.4 Å². The SMILES string of the molecule is COc1cc(Cl)c(NC(=O)CCS(=O)(=O)c2ccc3c(c2)NC(=O)CCS3)c(OC)c1. The molecule has 0 atom stereocenters. The summed E-state index contributed by atoms with van der Waals surface area (Å²) in [5, 5.41) is 5.51. The van der Waals surface area contributed by atoms with E-state index in [1.807, 2.05) is 0 Å². The number of rotatable bonds is 7. The number of carbonyl (C=O) groups is 2. The van der Waals surface area contributed by atoms with E-state index >= 15 is 0 Å². The summed E-state index contributed by atoms with van der Waals surface area (Å²) >= 11 is 7.67. The summed E-state index contributed by atoms with van der Waals surface area (Å²) in [5.41, 5.74) is 0.699. The zero-order chi connectivity index (χ0) is 22.6. The monoisotopic (exact) mass is 484 g/mol. The molecule has 166 valence electrons. The van der Waals surface area contributed by atoms with E-state index in [2.05, 4.69) is 10.6 Å². The molecule has 0 saturated heterocycles. The minimum atomic E-state index is -3.75. The third kappa shape index (κ3) is 5.63. The van der Waals surface area contributed by atoms with Crippen molar-refractivity contribution in [3.05, 3.63) is 35.4 Å². The van der Waals surface area contributed by atoms with Crippen LogP contribution in [0, 0.1) is 0 Å². The molecule has 2 aromatic rings. The Hall–Kier alpha value is -2.43. The second-order valence-electron chi connectivity index (χ2n) is 6.61. The molecule has 1 aliphatic rings. The highest BCUT2D eigenvalue weighted by Crippen LogP contribution is 2.37. The van der Waals surface area contributed by atoms with E-state index in [1.165, 1.54) is 44.2 Å². The maximum Gasteiger partial charge on any atom is 0.225 e. The van der Waals surface area contributed by atoms with Gasteiger partial charge < -0.3 is 20.1 Å². The standard InChI is InChI=1S/C20H21ClN2O6S2/c1-28-12-9-14(21)20(16(10-12)29-2)23-19(25)6-8-31(26,27)13-3-4-17-15(11-13)22-18(24)5-7-30-17/h3-4,9-11H,5-8H2,1-2H3,(H,22,24)(H,23,25). The van der Waals surface area contributed by atoms with Gasteiger partial charge in [0.1, 0.15) is 17.2 Å². The van der Waals surface area contributed by atoms with Crippen molar-refractivity contribution in [1.82, 2.24) is 0 Å². The second-order valence-corrected chi connectivity index (χ2v) is 10.3. The fourth-order valence-corrected chi connectivity index (χ4v) is 5.34. The van der Waals surface area contributed by atoms with E-state index in [0.717, 1.165) is 4.90 Å². The Morgan fingerprint density at radius 3 is 2.71 bits per heavy atom. The summed E-state index contributed by atoms with van der Waals surface area (Å²) < 4.78 is 35.8. The van der Waals surface area contributed by atoms with E-state index in [1.54, 1.807) is 12.1 Å². The zero-order valence-corrected chi connectivity index (χ0v) is 19.2. The lowest BCUT2D eigenvalue weighted by atomic mass is 10.2. The number of anilines is 2. The Balaban J connectivity index is 1.71. The highest BCUT2D eigenvalue weighted by molar-refractivity contribution is 7.99. The summed E-state index contributed by atoms with van der Waals surface area (Å²) in [5.74, 6) is 0.269. The molecule has 0 bridgehead atoms. The molecule has 3 rings (SSSR count). The lowest BCUT2D eigenvalue weighted by molar-refractivity contribution is -0.116. The average molecular weight is 485 g/mol. The molecule has 31 heavy (non-hydrogen) atoms. The summed E-state index contributed by atoms with van der Waals surface area (Å²) in [7, 11) is -0.862. The van der Waals surface area contributed by atoms with Gasteiger partial charge in [-0.15, -0.1) is 11.8 Å². The lowest BCUT2D eigenvalue weighted by Crippen LogP contribution is -2.18. The molecular formula is C20H21ClN2O6S2. The number of nitrogens with one attached hydrogen (secondary N) is 2. The predicted molar refractivity (Wildman–Crippen MR) is 120 cm³/mol. The van der Waals surface area contributed by atoms with Gasteiger partial charge in [0.2, 0.25) is 11.8 Å². The molecule has 0 fully saturated rings. The molecule has 8 nitrogen and oxygen atoms in total. The molecule has 2 aromatic carbocycles. The van der Waals surface area contributed by atoms with Crippen molar-refractivity contribution in [2.45, 2.75) is 22.6 Å². The fraction of sp³-hybridized carbons (Fsp3) is 0.300. The van der Waals surface area contributed by atoms with Gasteiger partial charge in [-0.05, 0) is 18.2 Å². The van der Waals surface area contributed by atoms with Crippen LogP contribution in [0.5, 0.6) is 11.5 Å². The highest BCUT2D eigenvalue weighted by Gasteiger charge is 2.21. The number of ether oxygens (including phenoxy) is 2. The number of thioether (sulfide) groups is 1. The van der Waals surface area contributed by atoms with Crippen molar-refractivity contribution in [1.29, 1.82) is 0 Å². The van der Waals surface area contributed by atoms with E-state index in [4.69, 9.17) is 21.1 Å². The molecule has 11 heteroatoms. The van der Waals surface area contributed by atoms with Crippen LogP contribution in [-0.4, -0.2) is 46.0 Å². The highest BCUT2D eigenvalue weighted by atomic mass is 35.5. The van der Waals surface area contributed by atoms with Crippen molar-refractivity contribution >= 4 is 56.4 Å². The molecule has 0 spiro atoms. The summed E-state index contributed by atoms with van der Waals surface area (Å²) in [6.07, 6.45) is 0.0744. The van der Waals surface area contributed by atoms with Crippen LogP contribution in [0.2, 0.25) is 5.02 Å². The molecule has 1 heterocycles. The zero-order valence-electron chi connectivity index (χ0n) is 16.9. The first-order valence-corrected chi connectivity index (χ1v) is 12.3. The van der Waals surface area contributed by atoms with E-state index in [-0.39, 0.29) is 27.9 Å². The van der Waals surface area contributed by atoms with Crippen LogP contribution in [0.15, 0.2) is 40.1 Å². The first-order valence-electron chi connectivity index (χ1n) is 9.24. The smallest absolute Gasteiger partial charge is 0.225 e. The summed E-state index contributed by atoms with van der Waals surface area (Å²) in [4.78, 5) is 25.0. The Morgan fingerprint density at radius 1 is 1.23 bits per heavy atom. The summed E-state index contributed by atoms with van der Waals surface area (Å²) in [6, 6.07) is 7.65. The molecule has 0 unspecified atom stereocenters. The van der Waals surface area contributed by atoms with Crippen LogP contribution in [0.3, 0.4) is 0 Å². The number of carbonyl (C=O) groups excluding carboxylic acids is 2. The van der Waals surface area contributed by atoms with Crippen LogP contribution in [-0.2, 0) is 19.4 Å². The topological polar surface area (TPSA) is 111 Å². The van der Waals surface area contributed by atoms with Gasteiger partial charge in [0.05, 0.1) is 35.6 Å². The van der Waals surface area contributed by atoms with Crippen molar-refractivity contribution in [2.24, 2.45) is 0 Å². The van der Waals surface area contributed by atoms with Crippen LogP contribution in [0.25, 0.3) is 0 Å². The molecule has 0 aliphatic carbocycles. The van der Waals surface area contributed by atoms with Gasteiger partial charge in [-0.1, -0.05) is 11.6 Å². The van der Waals surface area contributed by atoms with Gasteiger partial charge in [-0.2, -0.15) is 0 Å². The van der Waals surface area contributed by atoms with Gasteiger partial charge in [0, 0.05) is 35.6 Å². The molecule has 2 amide bonds. The number of hydrogen-bond donors (Lipinski definition) is 2. The van der Waals surface area contributed by atoms with Gasteiger partial charge in [0.15, 0.2) is 9.84 Å². The van der Waals surface area contributed by atoms with Crippen LogP contribution in [0.4, 0.5) is 11.4 Å². The maximum absolute atomic E-state index is 12.7. The largest absolute Gasteiger partial charge is 0.497 e. The third-order valence-corrected chi connectivity index (χ3v) is 7.60. The molecule has 0 aromatic heterocycles. The van der Waals surface area contributed by atoms with Crippen molar-refractivity contribution < 1.29 is 27.5 Å². The van der Waals surface area contributed by atoms with Crippen LogP contribution >= 0.6 is 23.4 Å².